The first-order valence-corrected chi connectivity index (χ1v) is 8.19. The van der Waals surface area contributed by atoms with Crippen molar-refractivity contribution in [2.45, 2.75) is 31.2 Å². The maximum absolute atomic E-state index is 12.3. The van der Waals surface area contributed by atoms with Gasteiger partial charge in [0.15, 0.2) is 4.90 Å². The van der Waals surface area contributed by atoms with Crippen LogP contribution in [0, 0.1) is 16.0 Å². The third-order valence-electron chi connectivity index (χ3n) is 2.77. The molecule has 0 spiro atoms. The molecule has 0 radical (unpaired) electrons. The number of hydrogen-bond acceptors (Lipinski definition) is 5. The van der Waals surface area contributed by atoms with Gasteiger partial charge < -0.3 is 5.73 Å². The highest BCUT2D eigenvalue weighted by Crippen LogP contribution is 2.27. The monoisotopic (exact) mass is 335 g/mol. The number of nitro groups is 1. The summed E-state index contributed by atoms with van der Waals surface area (Å²) in [4.78, 5) is 9.74. The SMILES string of the molecule is CC(C)CC(CN)NS(=O)(=O)c1cc(Cl)ccc1[N+](=O)[O-]. The van der Waals surface area contributed by atoms with E-state index in [1.54, 1.807) is 0 Å². The molecule has 1 aromatic carbocycles. The molecule has 1 unspecified atom stereocenters. The summed E-state index contributed by atoms with van der Waals surface area (Å²) in [6.45, 7) is 3.96. The van der Waals surface area contributed by atoms with Gasteiger partial charge >= 0.3 is 0 Å². The van der Waals surface area contributed by atoms with E-state index in [4.69, 9.17) is 17.3 Å². The molecule has 0 fully saturated rings. The Morgan fingerprint density at radius 2 is 2.05 bits per heavy atom. The van der Waals surface area contributed by atoms with E-state index in [0.29, 0.717) is 6.42 Å². The Morgan fingerprint density at radius 1 is 1.43 bits per heavy atom. The number of nitrogens with two attached hydrogens (primary N) is 1. The van der Waals surface area contributed by atoms with Crippen LogP contribution in [0.15, 0.2) is 23.1 Å². The van der Waals surface area contributed by atoms with Crippen LogP contribution in [0.2, 0.25) is 5.02 Å². The van der Waals surface area contributed by atoms with E-state index in [1.165, 1.54) is 6.07 Å². The first-order valence-electron chi connectivity index (χ1n) is 6.33. The Hall–Kier alpha value is -1.22. The van der Waals surface area contributed by atoms with Crippen LogP contribution >= 0.6 is 11.6 Å². The second-order valence-electron chi connectivity index (χ2n) is 5.05. The maximum atomic E-state index is 12.3. The molecular formula is C12H18ClN3O4S. The fourth-order valence-corrected chi connectivity index (χ4v) is 3.59. The van der Waals surface area contributed by atoms with Crippen molar-refractivity contribution < 1.29 is 13.3 Å². The van der Waals surface area contributed by atoms with Gasteiger partial charge in [-0.25, -0.2) is 13.1 Å². The van der Waals surface area contributed by atoms with Gasteiger partial charge in [-0.1, -0.05) is 25.4 Å². The second kappa shape index (κ2) is 7.17. The molecule has 0 aliphatic heterocycles. The summed E-state index contributed by atoms with van der Waals surface area (Å²) < 4.78 is 27.1. The highest BCUT2D eigenvalue weighted by atomic mass is 35.5. The normalized spacial score (nSPS) is 13.4. The van der Waals surface area contributed by atoms with E-state index in [-0.39, 0.29) is 17.5 Å². The molecule has 0 amide bonds. The summed E-state index contributed by atoms with van der Waals surface area (Å²) in [5.41, 5.74) is 5.03. The topological polar surface area (TPSA) is 115 Å². The van der Waals surface area contributed by atoms with E-state index >= 15 is 0 Å². The molecule has 118 valence electrons. The molecule has 0 saturated heterocycles. The Bertz CT molecular complexity index is 619. The number of nitro benzene ring substituents is 1. The number of halogens is 1. The van der Waals surface area contributed by atoms with Crippen LogP contribution < -0.4 is 10.5 Å². The summed E-state index contributed by atoms with van der Waals surface area (Å²) >= 11 is 5.74. The lowest BCUT2D eigenvalue weighted by Gasteiger charge is -2.18. The van der Waals surface area contributed by atoms with Crippen molar-refractivity contribution in [1.82, 2.24) is 4.72 Å². The van der Waals surface area contributed by atoms with Crippen LogP contribution in [0.1, 0.15) is 20.3 Å². The van der Waals surface area contributed by atoms with E-state index < -0.39 is 31.6 Å². The Balaban J connectivity index is 3.18. The average Bonchev–Trinajstić information content (AvgIpc) is 2.36. The highest BCUT2D eigenvalue weighted by Gasteiger charge is 2.28. The molecule has 21 heavy (non-hydrogen) atoms. The summed E-state index contributed by atoms with van der Waals surface area (Å²) in [5, 5.41) is 11.1. The maximum Gasteiger partial charge on any atom is 0.289 e. The predicted octanol–water partition coefficient (Wildman–Crippen LogP) is 1.90. The minimum atomic E-state index is -4.07. The molecule has 1 atom stereocenters. The number of benzene rings is 1. The van der Waals surface area contributed by atoms with E-state index in [2.05, 4.69) is 4.72 Å². The number of nitrogens with one attached hydrogen (secondary N) is 1. The molecule has 0 saturated carbocycles. The van der Waals surface area contributed by atoms with Crippen molar-refractivity contribution in [3.63, 3.8) is 0 Å². The molecule has 0 aliphatic carbocycles. The first-order chi connectivity index (χ1) is 9.67. The number of hydrogen-bond donors (Lipinski definition) is 2. The quantitative estimate of drug-likeness (QED) is 0.583. The fraction of sp³-hybridized carbons (Fsp3) is 0.500. The number of nitrogens with zero attached hydrogens (tertiary/aromatic N) is 1. The zero-order chi connectivity index (χ0) is 16.2. The molecule has 3 N–H and O–H groups in total. The van der Waals surface area contributed by atoms with Crippen molar-refractivity contribution >= 4 is 27.3 Å². The third kappa shape index (κ3) is 4.92. The van der Waals surface area contributed by atoms with Gasteiger partial charge in [0.25, 0.3) is 5.69 Å². The molecule has 0 aromatic heterocycles. The molecule has 0 heterocycles. The van der Waals surface area contributed by atoms with Gasteiger partial charge in [-0.05, 0) is 24.5 Å². The van der Waals surface area contributed by atoms with Gasteiger partial charge in [0, 0.05) is 23.7 Å². The predicted molar refractivity (Wildman–Crippen MR) is 80.7 cm³/mol. The molecule has 7 nitrogen and oxygen atoms in total. The molecular weight excluding hydrogens is 318 g/mol. The lowest BCUT2D eigenvalue weighted by molar-refractivity contribution is -0.387. The molecule has 0 aliphatic rings. The van der Waals surface area contributed by atoms with E-state index in [0.717, 1.165) is 12.1 Å². The largest absolute Gasteiger partial charge is 0.329 e. The lowest BCUT2D eigenvalue weighted by Crippen LogP contribution is -2.41. The highest BCUT2D eigenvalue weighted by molar-refractivity contribution is 7.89. The van der Waals surface area contributed by atoms with Crippen LogP contribution in [0.3, 0.4) is 0 Å². The summed E-state index contributed by atoms with van der Waals surface area (Å²) in [7, 11) is -4.07. The molecule has 1 aromatic rings. The van der Waals surface area contributed by atoms with Crippen LogP contribution in [0.4, 0.5) is 5.69 Å². The second-order valence-corrected chi connectivity index (χ2v) is 7.17. The minimum absolute atomic E-state index is 0.103. The first kappa shape index (κ1) is 17.8. The average molecular weight is 336 g/mol. The van der Waals surface area contributed by atoms with E-state index in [9.17, 15) is 18.5 Å². The van der Waals surface area contributed by atoms with Crippen molar-refractivity contribution in [2.24, 2.45) is 11.7 Å². The van der Waals surface area contributed by atoms with Gasteiger partial charge in [-0.3, -0.25) is 10.1 Å². The molecule has 0 bridgehead atoms. The minimum Gasteiger partial charge on any atom is -0.329 e. The van der Waals surface area contributed by atoms with Gasteiger partial charge in [0.1, 0.15) is 0 Å². The Kier molecular flexibility index (Phi) is 6.09. The Morgan fingerprint density at radius 3 is 2.52 bits per heavy atom. The van der Waals surface area contributed by atoms with Crippen LogP contribution in [0.25, 0.3) is 0 Å². The number of rotatable bonds is 7. The van der Waals surface area contributed by atoms with E-state index in [1.807, 2.05) is 13.8 Å². The molecule has 9 heteroatoms. The van der Waals surface area contributed by atoms with Gasteiger partial charge in [-0.15, -0.1) is 0 Å². The zero-order valence-electron chi connectivity index (χ0n) is 11.7. The standard InChI is InChI=1S/C12H18ClN3O4S/c1-8(2)5-10(7-14)15-21(19,20)12-6-9(13)3-4-11(12)16(17)18/h3-4,6,8,10,15H,5,7,14H2,1-2H3. The molecule has 1 rings (SSSR count). The van der Waals surface area contributed by atoms with Crippen molar-refractivity contribution in [3.05, 3.63) is 33.3 Å². The van der Waals surface area contributed by atoms with Gasteiger partial charge in [0.2, 0.25) is 10.0 Å². The zero-order valence-corrected chi connectivity index (χ0v) is 13.3. The van der Waals surface area contributed by atoms with Crippen molar-refractivity contribution in [3.8, 4) is 0 Å². The fourth-order valence-electron chi connectivity index (χ4n) is 1.90. The smallest absolute Gasteiger partial charge is 0.289 e. The van der Waals surface area contributed by atoms with Gasteiger partial charge in [-0.2, -0.15) is 0 Å². The number of sulfonamides is 1. The van der Waals surface area contributed by atoms with Crippen LogP contribution in [0.5, 0.6) is 0 Å². The summed E-state index contributed by atoms with van der Waals surface area (Å²) in [6.07, 6.45) is 0.532. The van der Waals surface area contributed by atoms with Gasteiger partial charge in [0.05, 0.1) is 4.92 Å². The van der Waals surface area contributed by atoms with Crippen LogP contribution in [-0.2, 0) is 10.0 Å². The van der Waals surface area contributed by atoms with Crippen molar-refractivity contribution in [2.75, 3.05) is 6.54 Å². The third-order valence-corrected chi connectivity index (χ3v) is 4.56. The van der Waals surface area contributed by atoms with Crippen molar-refractivity contribution in [1.29, 1.82) is 0 Å². The summed E-state index contributed by atoms with van der Waals surface area (Å²) in [6, 6.07) is 2.91. The summed E-state index contributed by atoms with van der Waals surface area (Å²) in [5.74, 6) is 0.232. The Labute approximate surface area is 128 Å². The lowest BCUT2D eigenvalue weighted by atomic mass is 10.1. The van der Waals surface area contributed by atoms with Crippen LogP contribution in [-0.4, -0.2) is 25.9 Å².